The Bertz CT molecular complexity index is 251. The van der Waals surface area contributed by atoms with E-state index in [1.165, 1.54) is 44.9 Å². The highest BCUT2D eigenvalue weighted by Crippen LogP contribution is 2.33. The molecule has 1 saturated heterocycles. The lowest BCUT2D eigenvalue weighted by molar-refractivity contribution is -0.0101. The molecule has 0 radical (unpaired) electrons. The molecule has 3 fully saturated rings. The smallest absolute Gasteiger partial charge is 0.0604 e. The molecule has 0 spiro atoms. The van der Waals surface area contributed by atoms with Crippen molar-refractivity contribution in [2.75, 3.05) is 13.2 Å². The SMILES string of the molecule is CCOC1CC(NCC2CC3CCCCC3N2)C1. The molecule has 0 amide bonds. The molecule has 3 rings (SSSR count). The summed E-state index contributed by atoms with van der Waals surface area (Å²) in [5, 5.41) is 7.56. The molecule has 2 aliphatic carbocycles. The Morgan fingerprint density at radius 1 is 1.17 bits per heavy atom. The highest BCUT2D eigenvalue weighted by molar-refractivity contribution is 4.95. The van der Waals surface area contributed by atoms with Gasteiger partial charge in [0.1, 0.15) is 0 Å². The first-order chi connectivity index (χ1) is 8.85. The minimum Gasteiger partial charge on any atom is -0.378 e. The van der Waals surface area contributed by atoms with Crippen LogP contribution in [0, 0.1) is 5.92 Å². The summed E-state index contributed by atoms with van der Waals surface area (Å²) in [6, 6.07) is 2.28. The van der Waals surface area contributed by atoms with Crippen LogP contribution in [0.3, 0.4) is 0 Å². The van der Waals surface area contributed by atoms with Crippen molar-refractivity contribution in [2.45, 2.75) is 76.1 Å². The van der Waals surface area contributed by atoms with Crippen LogP contribution < -0.4 is 10.6 Å². The maximum atomic E-state index is 5.60. The fraction of sp³-hybridized carbons (Fsp3) is 1.00. The highest BCUT2D eigenvalue weighted by Gasteiger charge is 2.36. The van der Waals surface area contributed by atoms with Gasteiger partial charge in [-0.1, -0.05) is 12.8 Å². The number of fused-ring (bicyclic) bond motifs is 1. The first-order valence-electron chi connectivity index (χ1n) is 7.96. The van der Waals surface area contributed by atoms with E-state index in [9.17, 15) is 0 Å². The van der Waals surface area contributed by atoms with Gasteiger partial charge in [-0.25, -0.2) is 0 Å². The number of ether oxygens (including phenoxy) is 1. The van der Waals surface area contributed by atoms with Gasteiger partial charge in [0.05, 0.1) is 6.10 Å². The van der Waals surface area contributed by atoms with E-state index >= 15 is 0 Å². The molecule has 0 aromatic rings. The fourth-order valence-corrected chi connectivity index (χ4v) is 4.00. The van der Waals surface area contributed by atoms with Crippen LogP contribution in [0.2, 0.25) is 0 Å². The molecule has 0 aromatic carbocycles. The van der Waals surface area contributed by atoms with Crippen LogP contribution in [-0.4, -0.2) is 37.4 Å². The Labute approximate surface area is 111 Å². The first kappa shape index (κ1) is 12.9. The van der Waals surface area contributed by atoms with E-state index in [1.807, 2.05) is 0 Å². The molecule has 0 aromatic heterocycles. The Morgan fingerprint density at radius 2 is 2.00 bits per heavy atom. The Morgan fingerprint density at radius 3 is 2.78 bits per heavy atom. The van der Waals surface area contributed by atoms with Crippen molar-refractivity contribution in [3.63, 3.8) is 0 Å². The Kier molecular flexibility index (Phi) is 4.22. The molecule has 1 heterocycles. The molecule has 3 heteroatoms. The lowest BCUT2D eigenvalue weighted by atomic mass is 9.85. The van der Waals surface area contributed by atoms with E-state index in [1.54, 1.807) is 0 Å². The Hall–Kier alpha value is -0.120. The number of hydrogen-bond donors (Lipinski definition) is 2. The zero-order chi connectivity index (χ0) is 12.4. The van der Waals surface area contributed by atoms with Gasteiger partial charge in [-0.05, 0) is 44.9 Å². The lowest BCUT2D eigenvalue weighted by Crippen LogP contribution is -2.49. The zero-order valence-electron chi connectivity index (χ0n) is 11.7. The largest absolute Gasteiger partial charge is 0.378 e. The predicted molar refractivity (Wildman–Crippen MR) is 73.7 cm³/mol. The molecule has 1 aliphatic heterocycles. The van der Waals surface area contributed by atoms with Gasteiger partial charge in [0.2, 0.25) is 0 Å². The molecule has 104 valence electrons. The fourth-order valence-electron chi connectivity index (χ4n) is 4.00. The molecule has 0 bridgehead atoms. The van der Waals surface area contributed by atoms with Crippen LogP contribution in [0.25, 0.3) is 0 Å². The molecule has 3 unspecified atom stereocenters. The van der Waals surface area contributed by atoms with E-state index in [-0.39, 0.29) is 0 Å². The third kappa shape index (κ3) is 2.89. The summed E-state index contributed by atoms with van der Waals surface area (Å²) >= 11 is 0. The Balaban J connectivity index is 1.33. The minimum atomic E-state index is 0.534. The second kappa shape index (κ2) is 5.89. The van der Waals surface area contributed by atoms with Crippen LogP contribution in [0.4, 0.5) is 0 Å². The van der Waals surface area contributed by atoms with Crippen molar-refractivity contribution in [2.24, 2.45) is 5.92 Å². The molecule has 3 aliphatic rings. The second-order valence-electron chi connectivity index (χ2n) is 6.40. The van der Waals surface area contributed by atoms with Gasteiger partial charge in [-0.3, -0.25) is 0 Å². The minimum absolute atomic E-state index is 0.534. The monoisotopic (exact) mass is 252 g/mol. The van der Waals surface area contributed by atoms with E-state index in [4.69, 9.17) is 4.74 Å². The van der Waals surface area contributed by atoms with Crippen LogP contribution in [0.5, 0.6) is 0 Å². The zero-order valence-corrected chi connectivity index (χ0v) is 11.7. The van der Waals surface area contributed by atoms with E-state index in [2.05, 4.69) is 17.6 Å². The van der Waals surface area contributed by atoms with Crippen molar-refractivity contribution in [1.82, 2.24) is 10.6 Å². The topological polar surface area (TPSA) is 33.3 Å². The van der Waals surface area contributed by atoms with Crippen molar-refractivity contribution < 1.29 is 4.74 Å². The van der Waals surface area contributed by atoms with Gasteiger partial charge in [0.25, 0.3) is 0 Å². The third-order valence-corrected chi connectivity index (χ3v) is 5.10. The lowest BCUT2D eigenvalue weighted by Gasteiger charge is -2.36. The number of hydrogen-bond acceptors (Lipinski definition) is 3. The van der Waals surface area contributed by atoms with E-state index in [0.29, 0.717) is 12.1 Å². The average Bonchev–Trinajstić information content (AvgIpc) is 2.74. The summed E-state index contributed by atoms with van der Waals surface area (Å²) < 4.78 is 5.60. The molecular weight excluding hydrogens is 224 g/mol. The van der Waals surface area contributed by atoms with Crippen LogP contribution in [0.15, 0.2) is 0 Å². The first-order valence-corrected chi connectivity index (χ1v) is 7.96. The molecular formula is C15H28N2O. The standard InChI is InChI=1S/C15H28N2O/c1-2-18-14-8-12(9-14)16-10-13-7-11-5-3-4-6-15(11)17-13/h11-17H,2-10H2,1H3. The maximum absolute atomic E-state index is 5.60. The molecule has 2 saturated carbocycles. The van der Waals surface area contributed by atoms with E-state index in [0.717, 1.165) is 31.2 Å². The van der Waals surface area contributed by atoms with Gasteiger partial charge in [-0.2, -0.15) is 0 Å². The summed E-state index contributed by atoms with van der Waals surface area (Å²) in [5.74, 6) is 0.975. The van der Waals surface area contributed by atoms with Crippen molar-refractivity contribution in [3.8, 4) is 0 Å². The number of rotatable bonds is 5. The normalized spacial score (nSPS) is 43.5. The maximum Gasteiger partial charge on any atom is 0.0604 e. The van der Waals surface area contributed by atoms with Crippen LogP contribution in [0.1, 0.15) is 51.9 Å². The second-order valence-corrected chi connectivity index (χ2v) is 6.40. The summed E-state index contributed by atoms with van der Waals surface area (Å²) in [7, 11) is 0. The van der Waals surface area contributed by atoms with Crippen LogP contribution in [-0.2, 0) is 4.74 Å². The van der Waals surface area contributed by atoms with Crippen LogP contribution >= 0.6 is 0 Å². The predicted octanol–water partition coefficient (Wildman–Crippen LogP) is 2.06. The van der Waals surface area contributed by atoms with Crippen molar-refractivity contribution >= 4 is 0 Å². The van der Waals surface area contributed by atoms with Gasteiger partial charge in [-0.15, -0.1) is 0 Å². The summed E-state index contributed by atoms with van der Waals surface area (Å²) in [4.78, 5) is 0. The van der Waals surface area contributed by atoms with Crippen molar-refractivity contribution in [3.05, 3.63) is 0 Å². The molecule has 2 N–H and O–H groups in total. The van der Waals surface area contributed by atoms with Crippen molar-refractivity contribution in [1.29, 1.82) is 0 Å². The highest BCUT2D eigenvalue weighted by atomic mass is 16.5. The average molecular weight is 252 g/mol. The molecule has 18 heavy (non-hydrogen) atoms. The molecule has 3 nitrogen and oxygen atoms in total. The van der Waals surface area contributed by atoms with Gasteiger partial charge in [0.15, 0.2) is 0 Å². The van der Waals surface area contributed by atoms with Gasteiger partial charge < -0.3 is 15.4 Å². The summed E-state index contributed by atoms with van der Waals surface area (Å²) in [5.41, 5.74) is 0. The van der Waals surface area contributed by atoms with Gasteiger partial charge >= 0.3 is 0 Å². The van der Waals surface area contributed by atoms with E-state index < -0.39 is 0 Å². The third-order valence-electron chi connectivity index (χ3n) is 5.10. The summed E-state index contributed by atoms with van der Waals surface area (Å²) in [6.45, 7) is 4.12. The molecule has 3 atom stereocenters. The van der Waals surface area contributed by atoms with Gasteiger partial charge in [0, 0.05) is 31.3 Å². The quantitative estimate of drug-likeness (QED) is 0.786. The summed E-state index contributed by atoms with van der Waals surface area (Å²) in [6.07, 6.45) is 10.1. The number of nitrogens with one attached hydrogen (secondary N) is 2.